The second kappa shape index (κ2) is 10.6. The van der Waals surface area contributed by atoms with Crippen LogP contribution in [0.1, 0.15) is 26.8 Å². The van der Waals surface area contributed by atoms with E-state index in [0.717, 1.165) is 11.6 Å². The van der Waals surface area contributed by atoms with Crippen molar-refractivity contribution in [1.82, 2.24) is 9.80 Å². The van der Waals surface area contributed by atoms with Crippen molar-refractivity contribution >= 4 is 23.2 Å². The molecule has 1 aliphatic heterocycles. The van der Waals surface area contributed by atoms with Gasteiger partial charge in [0.2, 0.25) is 5.91 Å². The first-order chi connectivity index (χ1) is 16.5. The Kier molecular flexibility index (Phi) is 7.37. The van der Waals surface area contributed by atoms with Gasteiger partial charge in [0, 0.05) is 29.6 Å². The number of halogens is 2. The Morgan fingerprint density at radius 2 is 1.91 bits per heavy atom. The maximum atomic E-state index is 13.6. The van der Waals surface area contributed by atoms with Crippen LogP contribution >= 0.6 is 11.3 Å². The Bertz CT molecular complexity index is 1200. The smallest absolute Gasteiger partial charge is 0.254 e. The highest BCUT2D eigenvalue weighted by Crippen LogP contribution is 2.34. The monoisotopic (exact) mass is 482 g/mol. The molecule has 4 rings (SSSR count). The molecule has 0 N–H and O–H groups in total. The summed E-state index contributed by atoms with van der Waals surface area (Å²) in [5.74, 6) is -1.25. The average Bonchev–Trinajstić information content (AvgIpc) is 3.31. The molecule has 176 valence electrons. The molecule has 0 unspecified atom stereocenters. The fraction of sp³-hybridized carbons (Fsp3) is 0.231. The molecule has 3 aromatic rings. The van der Waals surface area contributed by atoms with Crippen LogP contribution in [0.15, 0.2) is 72.6 Å². The van der Waals surface area contributed by atoms with Gasteiger partial charge in [0.05, 0.1) is 6.04 Å². The molecule has 0 spiro atoms. The number of fused-ring (bicyclic) bond motifs is 1. The number of amides is 2. The van der Waals surface area contributed by atoms with Crippen LogP contribution in [0.25, 0.3) is 0 Å². The number of hydrogen-bond donors (Lipinski definition) is 0. The number of rotatable bonds is 8. The van der Waals surface area contributed by atoms with Crippen molar-refractivity contribution in [1.29, 1.82) is 0 Å². The highest BCUT2D eigenvalue weighted by atomic mass is 32.1. The number of benzene rings is 2. The van der Waals surface area contributed by atoms with Gasteiger partial charge < -0.3 is 14.5 Å². The van der Waals surface area contributed by atoms with Gasteiger partial charge in [0.25, 0.3) is 5.91 Å². The van der Waals surface area contributed by atoms with Crippen LogP contribution in [0.4, 0.5) is 8.78 Å². The van der Waals surface area contributed by atoms with Crippen molar-refractivity contribution in [3.8, 4) is 5.75 Å². The summed E-state index contributed by atoms with van der Waals surface area (Å²) in [7, 11) is 0. The molecule has 0 fully saturated rings. The second-order valence-corrected chi connectivity index (χ2v) is 8.91. The first-order valence-electron chi connectivity index (χ1n) is 10.9. The highest BCUT2D eigenvalue weighted by Gasteiger charge is 2.33. The van der Waals surface area contributed by atoms with Crippen molar-refractivity contribution in [2.45, 2.75) is 12.5 Å². The van der Waals surface area contributed by atoms with E-state index < -0.39 is 17.5 Å². The van der Waals surface area contributed by atoms with Gasteiger partial charge in [0.1, 0.15) is 30.5 Å². The van der Waals surface area contributed by atoms with Gasteiger partial charge in [-0.3, -0.25) is 9.59 Å². The normalized spacial score (nSPS) is 14.9. The van der Waals surface area contributed by atoms with Gasteiger partial charge in [0.15, 0.2) is 0 Å². The van der Waals surface area contributed by atoms with E-state index in [9.17, 15) is 18.4 Å². The molecule has 5 nitrogen and oxygen atoms in total. The minimum absolute atomic E-state index is 0.142. The molecule has 2 amide bonds. The zero-order valence-corrected chi connectivity index (χ0v) is 19.3. The van der Waals surface area contributed by atoms with Gasteiger partial charge in [-0.25, -0.2) is 8.78 Å². The summed E-state index contributed by atoms with van der Waals surface area (Å²) in [6.07, 6.45) is 2.23. The van der Waals surface area contributed by atoms with Crippen LogP contribution in [0.5, 0.6) is 5.75 Å². The zero-order valence-electron chi connectivity index (χ0n) is 18.5. The lowest BCUT2D eigenvalue weighted by molar-refractivity contribution is -0.135. The number of carbonyl (C=O) groups excluding carboxylic acids is 2. The van der Waals surface area contributed by atoms with E-state index in [-0.39, 0.29) is 37.2 Å². The van der Waals surface area contributed by atoms with Crippen molar-refractivity contribution < 1.29 is 23.1 Å². The van der Waals surface area contributed by atoms with E-state index in [1.54, 1.807) is 28.4 Å². The van der Waals surface area contributed by atoms with Crippen LogP contribution < -0.4 is 4.74 Å². The summed E-state index contributed by atoms with van der Waals surface area (Å²) in [5.41, 5.74) is 1.16. The van der Waals surface area contributed by atoms with E-state index in [0.29, 0.717) is 18.7 Å². The number of carbonyl (C=O) groups is 2. The number of thiophene rings is 1. The Morgan fingerprint density at radius 1 is 1.15 bits per heavy atom. The van der Waals surface area contributed by atoms with Crippen LogP contribution in [0, 0.1) is 11.6 Å². The van der Waals surface area contributed by atoms with Crippen LogP contribution in [-0.4, -0.2) is 47.9 Å². The molecule has 2 aromatic carbocycles. The molecule has 1 atom stereocenters. The van der Waals surface area contributed by atoms with E-state index in [2.05, 4.69) is 6.58 Å². The minimum Gasteiger partial charge on any atom is -0.491 e. The van der Waals surface area contributed by atoms with Crippen LogP contribution in [-0.2, 0) is 11.2 Å². The lowest BCUT2D eigenvalue weighted by atomic mass is 10.0. The van der Waals surface area contributed by atoms with Gasteiger partial charge in [-0.2, -0.15) is 0 Å². The third-order valence-electron chi connectivity index (χ3n) is 5.65. The molecule has 0 bridgehead atoms. The molecule has 0 radical (unpaired) electrons. The standard InChI is InChI=1S/C26H24F2N2O3S/c1-2-11-29(26(32)18-5-3-6-19(27)14-18)16-25(31)30-12-9-24-22(10-13-34-24)23(30)17-33-21-8-4-7-20(28)15-21/h2-8,10,13-15,23H,1,9,11-12,16-17H2/t23-/m1/s1. The third-order valence-corrected chi connectivity index (χ3v) is 6.65. The highest BCUT2D eigenvalue weighted by molar-refractivity contribution is 7.10. The lowest BCUT2D eigenvalue weighted by Crippen LogP contribution is -2.47. The molecule has 34 heavy (non-hydrogen) atoms. The van der Waals surface area contributed by atoms with Crippen LogP contribution in [0.3, 0.4) is 0 Å². The van der Waals surface area contributed by atoms with E-state index >= 15 is 0 Å². The molecule has 0 saturated heterocycles. The summed E-state index contributed by atoms with van der Waals surface area (Å²) in [5, 5.41) is 1.98. The minimum atomic E-state index is -0.522. The summed E-state index contributed by atoms with van der Waals surface area (Å²) in [6, 6.07) is 12.8. The zero-order chi connectivity index (χ0) is 24.1. The number of ether oxygens (including phenoxy) is 1. The van der Waals surface area contributed by atoms with Crippen molar-refractivity contribution in [3.05, 3.63) is 100 Å². The summed E-state index contributed by atoms with van der Waals surface area (Å²) < 4.78 is 33.1. The van der Waals surface area contributed by atoms with Gasteiger partial charge in [-0.15, -0.1) is 17.9 Å². The molecule has 0 aliphatic carbocycles. The third kappa shape index (κ3) is 5.34. The maximum Gasteiger partial charge on any atom is 0.254 e. The van der Waals surface area contributed by atoms with Crippen molar-refractivity contribution in [2.24, 2.45) is 0 Å². The predicted octanol–water partition coefficient (Wildman–Crippen LogP) is 4.86. The topological polar surface area (TPSA) is 49.9 Å². The summed E-state index contributed by atoms with van der Waals surface area (Å²) in [4.78, 5) is 30.6. The molecule has 2 heterocycles. The fourth-order valence-electron chi connectivity index (χ4n) is 4.04. The molecular weight excluding hydrogens is 458 g/mol. The van der Waals surface area contributed by atoms with Gasteiger partial charge in [-0.05, 0) is 53.8 Å². The Hall–Kier alpha value is -3.52. The molecular formula is C26H24F2N2O3S. The lowest BCUT2D eigenvalue weighted by Gasteiger charge is -2.37. The SMILES string of the molecule is C=CCN(CC(=O)N1CCc2sccc2[C@H]1COc1cccc(F)c1)C(=O)c1cccc(F)c1. The summed E-state index contributed by atoms with van der Waals surface area (Å²) in [6.45, 7) is 4.26. The molecule has 8 heteroatoms. The molecule has 0 saturated carbocycles. The molecule has 1 aromatic heterocycles. The maximum absolute atomic E-state index is 13.6. The second-order valence-electron chi connectivity index (χ2n) is 7.91. The Labute approximate surface area is 200 Å². The van der Waals surface area contributed by atoms with Gasteiger partial charge >= 0.3 is 0 Å². The predicted molar refractivity (Wildman–Crippen MR) is 127 cm³/mol. The molecule has 1 aliphatic rings. The first-order valence-corrected chi connectivity index (χ1v) is 11.7. The Morgan fingerprint density at radius 3 is 2.65 bits per heavy atom. The van der Waals surface area contributed by atoms with Crippen LogP contribution in [0.2, 0.25) is 0 Å². The van der Waals surface area contributed by atoms with E-state index in [1.165, 1.54) is 46.2 Å². The van der Waals surface area contributed by atoms with E-state index in [1.807, 2.05) is 11.4 Å². The Balaban J connectivity index is 1.53. The van der Waals surface area contributed by atoms with Crippen molar-refractivity contribution in [2.75, 3.05) is 26.2 Å². The quantitative estimate of drug-likeness (QED) is 0.431. The number of nitrogens with zero attached hydrogens (tertiary/aromatic N) is 2. The first kappa shape index (κ1) is 23.6. The van der Waals surface area contributed by atoms with Crippen molar-refractivity contribution in [3.63, 3.8) is 0 Å². The number of hydrogen-bond acceptors (Lipinski definition) is 4. The van der Waals surface area contributed by atoms with E-state index in [4.69, 9.17) is 4.74 Å². The fourth-order valence-corrected chi connectivity index (χ4v) is 4.97. The largest absolute Gasteiger partial charge is 0.491 e. The average molecular weight is 483 g/mol. The summed E-state index contributed by atoms with van der Waals surface area (Å²) >= 11 is 1.63. The van der Waals surface area contributed by atoms with Gasteiger partial charge in [-0.1, -0.05) is 18.2 Å².